The average Bonchev–Trinajstić information content (AvgIpc) is 2.49. The van der Waals surface area contributed by atoms with Crippen LogP contribution in [0.4, 0.5) is 0 Å². The van der Waals surface area contributed by atoms with E-state index in [0.717, 1.165) is 0 Å². The zero-order valence-corrected chi connectivity index (χ0v) is 6.48. The minimum Gasteiger partial charge on any atom is -0.231 e. The normalized spacial score (nSPS) is 18.8. The predicted molar refractivity (Wildman–Crippen MR) is 45.8 cm³/mol. The van der Waals surface area contributed by atoms with Gasteiger partial charge in [-0.3, -0.25) is 0 Å². The lowest BCUT2D eigenvalue weighted by Crippen LogP contribution is -2.17. The van der Waals surface area contributed by atoms with Gasteiger partial charge in [-0.1, -0.05) is 0 Å². The van der Waals surface area contributed by atoms with Gasteiger partial charge in [-0.05, 0) is 0 Å². The molecule has 2 heterocycles. The molecule has 7 heteroatoms. The molecule has 0 bridgehead atoms. The Morgan fingerprint density at radius 1 is 1.25 bits per heavy atom. The maximum Gasteiger partial charge on any atom is 0.278 e. The summed E-state index contributed by atoms with van der Waals surface area (Å²) in [4.78, 5) is 14.7. The van der Waals surface area contributed by atoms with Crippen LogP contribution in [0.3, 0.4) is 0 Å². The van der Waals surface area contributed by atoms with E-state index in [1.54, 1.807) is 0 Å². The molecule has 0 saturated heterocycles. The third-order valence-corrected chi connectivity index (χ3v) is 1.75. The van der Waals surface area contributed by atoms with Crippen LogP contribution in [-0.2, 0) is 10.3 Å². The summed E-state index contributed by atoms with van der Waals surface area (Å²) in [6.07, 6.45) is 2.62. The molecule has 0 aromatic heterocycles. The number of hydrogen-bond donors (Lipinski definition) is 0. The van der Waals surface area contributed by atoms with Crippen LogP contribution in [0.5, 0.6) is 0 Å². The highest BCUT2D eigenvalue weighted by atomic mass is 32.2. The lowest BCUT2D eigenvalue weighted by molar-refractivity contribution is 0.626. The lowest BCUT2D eigenvalue weighted by atomic mass is 10.3. The average molecular weight is 182 g/mol. The third kappa shape index (κ3) is 0.996. The number of nitrogens with zero attached hydrogens (tertiary/aromatic N) is 4. The molecule has 2 aliphatic rings. The van der Waals surface area contributed by atoms with E-state index in [2.05, 4.69) is 20.0 Å². The van der Waals surface area contributed by atoms with Crippen LogP contribution in [0, 0.1) is 0 Å². The van der Waals surface area contributed by atoms with Crippen LogP contribution >= 0.6 is 0 Å². The summed E-state index contributed by atoms with van der Waals surface area (Å²) in [5.41, 5.74) is 0.490. The molecule has 0 unspecified atom stereocenters. The Morgan fingerprint density at radius 3 is 2.83 bits per heavy atom. The molecule has 0 fully saturated rings. The highest BCUT2D eigenvalue weighted by Crippen LogP contribution is 1.99. The van der Waals surface area contributed by atoms with Gasteiger partial charge in [0.15, 0.2) is 5.84 Å². The Kier molecular flexibility index (Phi) is 1.44. The van der Waals surface area contributed by atoms with Gasteiger partial charge < -0.3 is 0 Å². The lowest BCUT2D eigenvalue weighted by Gasteiger charge is -1.97. The number of rotatable bonds is 0. The summed E-state index contributed by atoms with van der Waals surface area (Å²) in [7, 11) is -2.41. The number of aliphatic imine (C=N–C) groups is 4. The molecule has 0 spiro atoms. The van der Waals surface area contributed by atoms with Crippen molar-refractivity contribution < 1.29 is 8.42 Å². The molecule has 2 aliphatic heterocycles. The number of fused-ring (bicyclic) bond motifs is 1. The smallest absolute Gasteiger partial charge is 0.231 e. The molecule has 0 aliphatic carbocycles. The first-order chi connectivity index (χ1) is 5.77. The third-order valence-electron chi connectivity index (χ3n) is 1.25. The van der Waals surface area contributed by atoms with Crippen LogP contribution in [0.1, 0.15) is 0 Å². The molecule has 2 rings (SSSR count). The van der Waals surface area contributed by atoms with Crippen molar-refractivity contribution in [1.82, 2.24) is 0 Å². The first-order valence-electron chi connectivity index (χ1n) is 2.97. The van der Waals surface area contributed by atoms with Crippen LogP contribution in [0.2, 0.25) is 0 Å². The molecule has 6 nitrogen and oxygen atoms in total. The second-order valence-electron chi connectivity index (χ2n) is 1.97. The van der Waals surface area contributed by atoms with Crippen molar-refractivity contribution in [3.63, 3.8) is 0 Å². The van der Waals surface area contributed by atoms with E-state index < -0.39 is 10.3 Å². The van der Waals surface area contributed by atoms with E-state index in [0.29, 0.717) is 11.5 Å². The SMILES string of the molecule is O=S(=O)=C1N=CC2=NC=NC2=N1. The molecule has 0 aromatic rings. The molecule has 12 heavy (non-hydrogen) atoms. The molecule has 0 aromatic carbocycles. The minimum atomic E-state index is -2.41. The summed E-state index contributed by atoms with van der Waals surface area (Å²) in [5, 5.41) is -0.261. The summed E-state index contributed by atoms with van der Waals surface area (Å²) < 4.78 is 20.8. The van der Waals surface area contributed by atoms with Crippen LogP contribution in [0.25, 0.3) is 0 Å². The summed E-state index contributed by atoms with van der Waals surface area (Å²) in [6, 6.07) is 0. The second-order valence-corrected chi connectivity index (χ2v) is 2.80. The Morgan fingerprint density at radius 2 is 2.08 bits per heavy atom. The van der Waals surface area contributed by atoms with Crippen molar-refractivity contribution in [2.75, 3.05) is 0 Å². The fourth-order valence-corrected chi connectivity index (χ4v) is 1.06. The first-order valence-corrected chi connectivity index (χ1v) is 4.04. The van der Waals surface area contributed by atoms with Crippen molar-refractivity contribution in [3.05, 3.63) is 0 Å². The Hall–Kier alpha value is -1.63. The van der Waals surface area contributed by atoms with E-state index >= 15 is 0 Å². The van der Waals surface area contributed by atoms with Crippen molar-refractivity contribution in [2.45, 2.75) is 0 Å². The zero-order chi connectivity index (χ0) is 8.55. The maximum absolute atomic E-state index is 10.4. The van der Waals surface area contributed by atoms with Gasteiger partial charge in [0.1, 0.15) is 12.1 Å². The monoisotopic (exact) mass is 182 g/mol. The van der Waals surface area contributed by atoms with Crippen molar-refractivity contribution in [1.29, 1.82) is 0 Å². The van der Waals surface area contributed by atoms with Gasteiger partial charge in [-0.25, -0.2) is 15.0 Å². The van der Waals surface area contributed by atoms with Crippen LogP contribution < -0.4 is 0 Å². The largest absolute Gasteiger partial charge is 0.278 e. The van der Waals surface area contributed by atoms with Gasteiger partial charge in [0, 0.05) is 0 Å². The zero-order valence-electron chi connectivity index (χ0n) is 5.67. The fraction of sp³-hybridized carbons (Fsp3) is 0. The second kappa shape index (κ2) is 2.45. The van der Waals surface area contributed by atoms with E-state index in [1.165, 1.54) is 12.6 Å². The molecular weight excluding hydrogens is 180 g/mol. The van der Waals surface area contributed by atoms with Crippen molar-refractivity contribution in [2.24, 2.45) is 20.0 Å². The number of amidine groups is 1. The van der Waals surface area contributed by atoms with E-state index in [9.17, 15) is 8.42 Å². The molecule has 0 radical (unpaired) electrons. The quantitative estimate of drug-likeness (QED) is 0.446. The van der Waals surface area contributed by atoms with Gasteiger partial charge in [0.05, 0.1) is 6.21 Å². The highest BCUT2D eigenvalue weighted by molar-refractivity contribution is 7.73. The van der Waals surface area contributed by atoms with Gasteiger partial charge in [0.25, 0.3) is 15.4 Å². The van der Waals surface area contributed by atoms with Crippen molar-refractivity contribution >= 4 is 39.5 Å². The standard InChI is InChI=1S/C5H2N4O2S/c10-12(11)5-6-1-3-4(9-5)8-2-7-3/h1-2H. The summed E-state index contributed by atoms with van der Waals surface area (Å²) in [5.74, 6) is 0.296. The predicted octanol–water partition coefficient (Wildman–Crippen LogP) is -1.08. The van der Waals surface area contributed by atoms with E-state index in [-0.39, 0.29) is 5.11 Å². The molecule has 0 N–H and O–H groups in total. The van der Waals surface area contributed by atoms with Crippen LogP contribution in [0.15, 0.2) is 20.0 Å². The van der Waals surface area contributed by atoms with Gasteiger partial charge in [-0.2, -0.15) is 13.4 Å². The van der Waals surface area contributed by atoms with Gasteiger partial charge >= 0.3 is 0 Å². The van der Waals surface area contributed by atoms with E-state index in [4.69, 9.17) is 0 Å². The summed E-state index contributed by atoms with van der Waals surface area (Å²) in [6.45, 7) is 0. The van der Waals surface area contributed by atoms with Crippen LogP contribution in [-0.4, -0.2) is 37.6 Å². The molecule has 0 atom stereocenters. The summed E-state index contributed by atoms with van der Waals surface area (Å²) >= 11 is 0. The number of hydrogen-bond acceptors (Lipinski definition) is 4. The van der Waals surface area contributed by atoms with Gasteiger partial charge in [-0.15, -0.1) is 0 Å². The Bertz CT molecular complexity index is 472. The fourth-order valence-electron chi connectivity index (χ4n) is 0.763. The molecule has 60 valence electrons. The molecule has 0 saturated carbocycles. The molecular formula is C5H2N4O2S. The van der Waals surface area contributed by atoms with E-state index in [1.807, 2.05) is 0 Å². The first kappa shape index (κ1) is 7.04. The Labute approximate surface area is 68.6 Å². The molecule has 0 amide bonds. The highest BCUT2D eigenvalue weighted by Gasteiger charge is 2.15. The van der Waals surface area contributed by atoms with Gasteiger partial charge in [0.2, 0.25) is 0 Å². The maximum atomic E-state index is 10.4. The topological polar surface area (TPSA) is 83.6 Å². The van der Waals surface area contributed by atoms with Crippen molar-refractivity contribution in [3.8, 4) is 0 Å². The Balaban J connectivity index is 2.61. The minimum absolute atomic E-state index is 0.261.